The molecule has 86 valence electrons. The lowest BCUT2D eigenvalue weighted by Crippen LogP contribution is -2.32. The second-order valence-corrected chi connectivity index (χ2v) is 7.75. The molecule has 0 saturated carbocycles. The Hall–Kier alpha value is 0.380. The van der Waals surface area contributed by atoms with E-state index in [9.17, 15) is 8.42 Å². The topological polar surface area (TPSA) is 37.4 Å². The highest BCUT2D eigenvalue weighted by molar-refractivity contribution is 9.11. The van der Waals surface area contributed by atoms with Gasteiger partial charge in [-0.2, -0.15) is 4.31 Å². The number of alkyl halides is 1. The van der Waals surface area contributed by atoms with Gasteiger partial charge in [0.15, 0.2) is 0 Å². The fourth-order valence-corrected chi connectivity index (χ4v) is 5.02. The molecule has 0 spiro atoms. The average molecular weight is 333 g/mol. The molecule has 0 saturated heterocycles. The summed E-state index contributed by atoms with van der Waals surface area (Å²) in [7, 11) is -3.36. The van der Waals surface area contributed by atoms with Crippen LogP contribution in [0.1, 0.15) is 6.92 Å². The first kappa shape index (κ1) is 13.4. The van der Waals surface area contributed by atoms with E-state index in [0.717, 1.165) is 3.79 Å². The Morgan fingerprint density at radius 1 is 1.53 bits per heavy atom. The number of nitrogens with zero attached hydrogens (tertiary/aromatic N) is 1. The van der Waals surface area contributed by atoms with Crippen molar-refractivity contribution in [3.8, 4) is 0 Å². The SMILES string of the molecule is CCN(CCCl)S(=O)(=O)c1ccc(Br)s1. The van der Waals surface area contributed by atoms with Crippen molar-refractivity contribution in [3.63, 3.8) is 0 Å². The molecule has 0 atom stereocenters. The Morgan fingerprint density at radius 2 is 2.20 bits per heavy atom. The summed E-state index contributed by atoms with van der Waals surface area (Å²) in [5, 5.41) is 0. The lowest BCUT2D eigenvalue weighted by atomic mass is 10.7. The van der Waals surface area contributed by atoms with Crippen LogP contribution in [0.4, 0.5) is 0 Å². The van der Waals surface area contributed by atoms with Gasteiger partial charge in [-0.1, -0.05) is 6.92 Å². The largest absolute Gasteiger partial charge is 0.252 e. The molecule has 0 aliphatic carbocycles. The van der Waals surface area contributed by atoms with Crippen molar-refractivity contribution in [2.45, 2.75) is 11.1 Å². The first-order valence-electron chi connectivity index (χ1n) is 4.33. The maximum Gasteiger partial charge on any atom is 0.252 e. The van der Waals surface area contributed by atoms with E-state index in [1.165, 1.54) is 15.6 Å². The lowest BCUT2D eigenvalue weighted by molar-refractivity contribution is 0.448. The average Bonchev–Trinajstić information content (AvgIpc) is 2.61. The maximum absolute atomic E-state index is 12.0. The molecule has 3 nitrogen and oxygen atoms in total. The fourth-order valence-electron chi connectivity index (χ4n) is 1.11. The van der Waals surface area contributed by atoms with Gasteiger partial charge >= 0.3 is 0 Å². The molecule has 1 rings (SSSR count). The minimum atomic E-state index is -3.36. The lowest BCUT2D eigenvalue weighted by Gasteiger charge is -2.17. The molecule has 0 unspecified atom stereocenters. The molecule has 0 N–H and O–H groups in total. The van der Waals surface area contributed by atoms with Crippen LogP contribution in [0.5, 0.6) is 0 Å². The molecule has 0 amide bonds. The molecule has 0 radical (unpaired) electrons. The highest BCUT2D eigenvalue weighted by atomic mass is 79.9. The van der Waals surface area contributed by atoms with Gasteiger partial charge in [-0.05, 0) is 28.1 Å². The molecule has 1 heterocycles. The second kappa shape index (κ2) is 5.63. The molecule has 0 aromatic carbocycles. The highest BCUT2D eigenvalue weighted by Gasteiger charge is 2.23. The number of sulfonamides is 1. The van der Waals surface area contributed by atoms with Gasteiger partial charge in [-0.3, -0.25) is 0 Å². The fraction of sp³-hybridized carbons (Fsp3) is 0.500. The summed E-state index contributed by atoms with van der Waals surface area (Å²) in [6.07, 6.45) is 0. The molecule has 0 fully saturated rings. The van der Waals surface area contributed by atoms with Crippen LogP contribution < -0.4 is 0 Å². The summed E-state index contributed by atoms with van der Waals surface area (Å²) in [4.78, 5) is 0. The van der Waals surface area contributed by atoms with E-state index in [0.29, 0.717) is 23.2 Å². The van der Waals surface area contributed by atoms with Crippen LogP contribution in [0.15, 0.2) is 20.1 Å². The van der Waals surface area contributed by atoms with Crippen molar-refractivity contribution in [3.05, 3.63) is 15.9 Å². The zero-order valence-electron chi connectivity index (χ0n) is 8.11. The monoisotopic (exact) mass is 331 g/mol. The minimum Gasteiger partial charge on any atom is -0.206 e. The van der Waals surface area contributed by atoms with E-state index in [4.69, 9.17) is 11.6 Å². The van der Waals surface area contributed by atoms with Crippen molar-refractivity contribution in [2.75, 3.05) is 19.0 Å². The molecule has 7 heteroatoms. The third-order valence-corrected chi connectivity index (χ3v) is 6.06. The zero-order chi connectivity index (χ0) is 11.5. The van der Waals surface area contributed by atoms with E-state index in [1.54, 1.807) is 19.1 Å². The van der Waals surface area contributed by atoms with Gasteiger partial charge in [0, 0.05) is 19.0 Å². The third-order valence-electron chi connectivity index (χ3n) is 1.83. The molecule has 1 aromatic rings. The van der Waals surface area contributed by atoms with Gasteiger partial charge in [0.05, 0.1) is 3.79 Å². The number of thiophene rings is 1. The number of rotatable bonds is 5. The van der Waals surface area contributed by atoms with Crippen LogP contribution >= 0.6 is 38.9 Å². The smallest absolute Gasteiger partial charge is 0.206 e. The molecular weight excluding hydrogens is 322 g/mol. The van der Waals surface area contributed by atoms with E-state index in [1.807, 2.05) is 0 Å². The molecule has 0 aliphatic rings. The third kappa shape index (κ3) is 3.17. The minimum absolute atomic E-state index is 0.305. The molecule has 0 bridgehead atoms. The highest BCUT2D eigenvalue weighted by Crippen LogP contribution is 2.28. The van der Waals surface area contributed by atoms with Gasteiger partial charge in [-0.25, -0.2) is 8.42 Å². The van der Waals surface area contributed by atoms with Gasteiger partial charge < -0.3 is 0 Å². The van der Waals surface area contributed by atoms with Gasteiger partial charge in [0.1, 0.15) is 4.21 Å². The normalized spacial score (nSPS) is 12.3. The van der Waals surface area contributed by atoms with E-state index in [2.05, 4.69) is 15.9 Å². The maximum atomic E-state index is 12.0. The van der Waals surface area contributed by atoms with Crippen molar-refractivity contribution in [2.24, 2.45) is 0 Å². The summed E-state index contributed by atoms with van der Waals surface area (Å²) in [6.45, 7) is 2.58. The van der Waals surface area contributed by atoms with Crippen LogP contribution in [0.3, 0.4) is 0 Å². The predicted octanol–water partition coefficient (Wildman–Crippen LogP) is 2.76. The molecular formula is C8H11BrClNO2S2. The van der Waals surface area contributed by atoms with Gasteiger partial charge in [-0.15, -0.1) is 22.9 Å². The summed E-state index contributed by atoms with van der Waals surface area (Å²) < 4.78 is 26.6. The van der Waals surface area contributed by atoms with Crippen molar-refractivity contribution in [1.82, 2.24) is 4.31 Å². The Bertz CT molecular complexity index is 418. The molecule has 15 heavy (non-hydrogen) atoms. The van der Waals surface area contributed by atoms with E-state index >= 15 is 0 Å². The summed E-state index contributed by atoms with van der Waals surface area (Å²) >= 11 is 10.0. The number of hydrogen-bond donors (Lipinski definition) is 0. The van der Waals surface area contributed by atoms with E-state index < -0.39 is 10.0 Å². The number of hydrogen-bond acceptors (Lipinski definition) is 3. The first-order chi connectivity index (χ1) is 7.02. The van der Waals surface area contributed by atoms with Crippen LogP contribution in [-0.4, -0.2) is 31.7 Å². The van der Waals surface area contributed by atoms with Crippen LogP contribution in [0, 0.1) is 0 Å². The zero-order valence-corrected chi connectivity index (χ0v) is 12.1. The summed E-state index contributed by atoms with van der Waals surface area (Å²) in [6, 6.07) is 3.33. The predicted molar refractivity (Wildman–Crippen MR) is 67.2 cm³/mol. The Balaban J connectivity index is 3.00. The quantitative estimate of drug-likeness (QED) is 0.778. The van der Waals surface area contributed by atoms with Crippen molar-refractivity contribution in [1.29, 1.82) is 0 Å². The molecule has 0 aliphatic heterocycles. The second-order valence-electron chi connectivity index (χ2n) is 2.74. The first-order valence-corrected chi connectivity index (χ1v) is 7.92. The standard InChI is InChI=1S/C8H11BrClNO2S2/c1-2-11(6-5-10)15(12,13)8-4-3-7(9)14-8/h3-4H,2,5-6H2,1H3. The Labute approximate surface area is 107 Å². The summed E-state index contributed by atoms with van der Waals surface area (Å²) in [5.74, 6) is 0.305. The number of halogens is 2. The summed E-state index contributed by atoms with van der Waals surface area (Å²) in [5.41, 5.74) is 0. The van der Waals surface area contributed by atoms with Crippen molar-refractivity contribution < 1.29 is 8.42 Å². The van der Waals surface area contributed by atoms with E-state index in [-0.39, 0.29) is 0 Å². The van der Waals surface area contributed by atoms with Crippen LogP contribution in [0.2, 0.25) is 0 Å². The molecule has 1 aromatic heterocycles. The van der Waals surface area contributed by atoms with Crippen LogP contribution in [-0.2, 0) is 10.0 Å². The van der Waals surface area contributed by atoms with Crippen LogP contribution in [0.25, 0.3) is 0 Å². The van der Waals surface area contributed by atoms with Gasteiger partial charge in [0.2, 0.25) is 0 Å². The van der Waals surface area contributed by atoms with Gasteiger partial charge in [0.25, 0.3) is 10.0 Å². The Morgan fingerprint density at radius 3 is 2.60 bits per heavy atom. The van der Waals surface area contributed by atoms with Crippen molar-refractivity contribution >= 4 is 48.9 Å². The Kier molecular flexibility index (Phi) is 5.05.